The van der Waals surface area contributed by atoms with Crippen LogP contribution in [0.5, 0.6) is 11.5 Å². The second-order valence-corrected chi connectivity index (χ2v) is 8.53. The quantitative estimate of drug-likeness (QED) is 0.488. The van der Waals surface area contributed by atoms with E-state index in [2.05, 4.69) is 27.8 Å². The average Bonchev–Trinajstić information content (AvgIpc) is 2.80. The fourth-order valence-electron chi connectivity index (χ4n) is 4.40. The Kier molecular flexibility index (Phi) is 7.15. The molecule has 0 radical (unpaired) electrons. The van der Waals surface area contributed by atoms with Gasteiger partial charge in [0.1, 0.15) is 11.5 Å². The number of hydrogen-bond donors (Lipinski definition) is 2. The molecule has 1 fully saturated rings. The number of rotatable bonds is 8. The maximum absolute atomic E-state index is 6.11. The third-order valence-electron chi connectivity index (χ3n) is 6.11. The van der Waals surface area contributed by atoms with Crippen molar-refractivity contribution in [2.45, 2.75) is 44.2 Å². The Hall–Kier alpha value is -2.50. The monoisotopic (exact) mass is 439 g/mol. The van der Waals surface area contributed by atoms with E-state index in [1.807, 2.05) is 36.5 Å². The first kappa shape index (κ1) is 21.7. The molecule has 2 aromatic carbocycles. The number of ether oxygens (including phenoxy) is 2. The first-order chi connectivity index (χ1) is 15.2. The minimum atomic E-state index is 0.484. The van der Waals surface area contributed by atoms with Gasteiger partial charge in [0.25, 0.3) is 0 Å². The highest BCUT2D eigenvalue weighted by Gasteiger charge is 2.21. The lowest BCUT2D eigenvalue weighted by Crippen LogP contribution is -2.37. The van der Waals surface area contributed by atoms with Gasteiger partial charge in [0.2, 0.25) is 0 Å². The summed E-state index contributed by atoms with van der Waals surface area (Å²) in [4.78, 5) is 4.44. The molecule has 0 aliphatic heterocycles. The molecular formula is C25H30ClN3O2. The molecule has 2 N–H and O–H groups in total. The van der Waals surface area contributed by atoms with Crippen LogP contribution in [-0.4, -0.2) is 37.8 Å². The van der Waals surface area contributed by atoms with Crippen LogP contribution in [0.3, 0.4) is 0 Å². The first-order valence-corrected chi connectivity index (χ1v) is 11.3. The van der Waals surface area contributed by atoms with Crippen LogP contribution in [0.25, 0.3) is 10.9 Å². The molecule has 0 amide bonds. The van der Waals surface area contributed by atoms with Crippen LogP contribution >= 0.6 is 11.6 Å². The summed E-state index contributed by atoms with van der Waals surface area (Å²) in [7, 11) is 3.41. The van der Waals surface area contributed by atoms with Crippen molar-refractivity contribution in [1.82, 2.24) is 10.3 Å². The molecule has 6 heteroatoms. The minimum Gasteiger partial charge on any atom is -0.497 e. The highest BCUT2D eigenvalue weighted by Crippen LogP contribution is 2.28. The van der Waals surface area contributed by atoms with E-state index in [0.29, 0.717) is 12.1 Å². The van der Waals surface area contributed by atoms with Crippen molar-refractivity contribution in [2.24, 2.45) is 0 Å². The number of halogens is 1. The van der Waals surface area contributed by atoms with Crippen molar-refractivity contribution in [3.05, 3.63) is 59.2 Å². The van der Waals surface area contributed by atoms with Crippen molar-refractivity contribution in [1.29, 1.82) is 0 Å². The van der Waals surface area contributed by atoms with Gasteiger partial charge < -0.3 is 20.1 Å². The van der Waals surface area contributed by atoms with E-state index in [9.17, 15) is 0 Å². The van der Waals surface area contributed by atoms with Gasteiger partial charge in [-0.1, -0.05) is 11.6 Å². The molecule has 5 nitrogen and oxygen atoms in total. The lowest BCUT2D eigenvalue weighted by molar-refractivity contribution is 0.354. The van der Waals surface area contributed by atoms with E-state index in [4.69, 9.17) is 21.1 Å². The molecule has 1 aliphatic rings. The zero-order valence-electron chi connectivity index (χ0n) is 18.2. The second kappa shape index (κ2) is 10.2. The van der Waals surface area contributed by atoms with Crippen LogP contribution in [-0.2, 0) is 6.42 Å². The summed E-state index contributed by atoms with van der Waals surface area (Å²) in [5.41, 5.74) is 3.25. The number of pyridine rings is 1. The second-order valence-electron chi connectivity index (χ2n) is 8.09. The predicted molar refractivity (Wildman–Crippen MR) is 128 cm³/mol. The number of anilines is 1. The summed E-state index contributed by atoms with van der Waals surface area (Å²) in [6, 6.07) is 15.0. The van der Waals surface area contributed by atoms with Crippen LogP contribution in [0, 0.1) is 0 Å². The number of hydrogen-bond acceptors (Lipinski definition) is 5. The Morgan fingerprint density at radius 2 is 1.77 bits per heavy atom. The largest absolute Gasteiger partial charge is 0.497 e. The van der Waals surface area contributed by atoms with Gasteiger partial charge in [0.05, 0.1) is 19.7 Å². The van der Waals surface area contributed by atoms with Gasteiger partial charge in [0, 0.05) is 34.4 Å². The molecule has 0 spiro atoms. The van der Waals surface area contributed by atoms with Crippen molar-refractivity contribution >= 4 is 28.2 Å². The fraction of sp³-hybridized carbons (Fsp3) is 0.400. The van der Waals surface area contributed by atoms with E-state index in [1.165, 1.54) is 18.4 Å². The van der Waals surface area contributed by atoms with Crippen molar-refractivity contribution in [2.75, 3.05) is 26.1 Å². The zero-order valence-corrected chi connectivity index (χ0v) is 18.9. The normalized spacial score (nSPS) is 18.7. The van der Waals surface area contributed by atoms with Gasteiger partial charge in [-0.3, -0.25) is 4.98 Å². The number of aromatic nitrogens is 1. The third kappa shape index (κ3) is 5.41. The maximum atomic E-state index is 6.11. The number of nitrogens with zero attached hydrogens (tertiary/aromatic N) is 1. The number of fused-ring (bicyclic) bond motifs is 1. The summed E-state index contributed by atoms with van der Waals surface area (Å²) in [5.74, 6) is 1.79. The third-order valence-corrected chi connectivity index (χ3v) is 6.34. The van der Waals surface area contributed by atoms with Crippen molar-refractivity contribution < 1.29 is 9.47 Å². The van der Waals surface area contributed by atoms with E-state index >= 15 is 0 Å². The van der Waals surface area contributed by atoms with Gasteiger partial charge in [-0.15, -0.1) is 0 Å². The Morgan fingerprint density at radius 1 is 0.968 bits per heavy atom. The molecular weight excluding hydrogens is 410 g/mol. The van der Waals surface area contributed by atoms with Crippen LogP contribution < -0.4 is 20.1 Å². The Labute approximate surface area is 189 Å². The summed E-state index contributed by atoms with van der Waals surface area (Å²) >= 11 is 6.11. The summed E-state index contributed by atoms with van der Waals surface area (Å²) in [5, 5.41) is 9.30. The van der Waals surface area contributed by atoms with Gasteiger partial charge in [-0.2, -0.15) is 0 Å². The Bertz CT molecular complexity index is 1020. The summed E-state index contributed by atoms with van der Waals surface area (Å²) in [6.07, 6.45) is 7.41. The molecule has 4 rings (SSSR count). The van der Waals surface area contributed by atoms with Gasteiger partial charge in [-0.25, -0.2) is 0 Å². The van der Waals surface area contributed by atoms with E-state index in [-0.39, 0.29) is 0 Å². The first-order valence-electron chi connectivity index (χ1n) is 10.9. The number of benzene rings is 2. The molecule has 3 aromatic rings. The predicted octanol–water partition coefficient (Wildman–Crippen LogP) is 5.46. The molecule has 1 heterocycles. The van der Waals surface area contributed by atoms with E-state index in [1.54, 1.807) is 14.2 Å². The van der Waals surface area contributed by atoms with Crippen LogP contribution in [0.2, 0.25) is 5.02 Å². The number of nitrogens with one attached hydrogen (secondary N) is 2. The fourth-order valence-corrected chi connectivity index (χ4v) is 4.56. The molecule has 1 aromatic heterocycles. The average molecular weight is 440 g/mol. The SMILES string of the molecule is COc1ccc(OC)c(CCNC2CCC(Nc3ccnc4cc(Cl)ccc34)CC2)c1. The molecule has 0 saturated heterocycles. The highest BCUT2D eigenvalue weighted by molar-refractivity contribution is 6.31. The molecule has 1 aliphatic carbocycles. The van der Waals surface area contributed by atoms with Crippen molar-refractivity contribution in [3.63, 3.8) is 0 Å². The van der Waals surface area contributed by atoms with Crippen LogP contribution in [0.15, 0.2) is 48.7 Å². The van der Waals surface area contributed by atoms with Gasteiger partial charge >= 0.3 is 0 Å². The smallest absolute Gasteiger partial charge is 0.122 e. The summed E-state index contributed by atoms with van der Waals surface area (Å²) < 4.78 is 10.8. The molecule has 0 unspecified atom stereocenters. The topological polar surface area (TPSA) is 55.4 Å². The Balaban J connectivity index is 1.27. The minimum absolute atomic E-state index is 0.484. The van der Waals surface area contributed by atoms with Crippen molar-refractivity contribution in [3.8, 4) is 11.5 Å². The van der Waals surface area contributed by atoms with Crippen LogP contribution in [0.1, 0.15) is 31.2 Å². The van der Waals surface area contributed by atoms with E-state index in [0.717, 1.165) is 58.9 Å². The molecule has 1 saturated carbocycles. The standard InChI is InChI=1S/C25H30ClN3O2/c1-30-21-8-10-25(31-2)17(15-21)11-13-27-19-4-6-20(7-5-19)29-23-12-14-28-24-16-18(26)3-9-22(23)24/h3,8-10,12,14-16,19-20,27H,4-7,11,13H2,1-2H3,(H,28,29). The lowest BCUT2D eigenvalue weighted by atomic mass is 9.90. The number of methoxy groups -OCH3 is 2. The lowest BCUT2D eigenvalue weighted by Gasteiger charge is -2.30. The molecule has 0 atom stereocenters. The van der Waals surface area contributed by atoms with Crippen LogP contribution in [0.4, 0.5) is 5.69 Å². The maximum Gasteiger partial charge on any atom is 0.122 e. The Morgan fingerprint density at radius 3 is 2.55 bits per heavy atom. The zero-order chi connectivity index (χ0) is 21.6. The van der Waals surface area contributed by atoms with Gasteiger partial charge in [-0.05, 0) is 86.7 Å². The summed E-state index contributed by atoms with van der Waals surface area (Å²) in [6.45, 7) is 0.933. The van der Waals surface area contributed by atoms with E-state index < -0.39 is 0 Å². The highest BCUT2D eigenvalue weighted by atomic mass is 35.5. The molecule has 0 bridgehead atoms. The molecule has 164 valence electrons. The van der Waals surface area contributed by atoms with Gasteiger partial charge in [0.15, 0.2) is 0 Å². The molecule has 31 heavy (non-hydrogen) atoms.